The van der Waals surface area contributed by atoms with Crippen LogP contribution in [0.3, 0.4) is 0 Å². The fourth-order valence-corrected chi connectivity index (χ4v) is 6.11. The summed E-state index contributed by atoms with van der Waals surface area (Å²) in [5.74, 6) is -0.0979. The number of carbonyl (C=O) groups excluding carboxylic acids is 2. The molecule has 9 heteroatoms. The molecule has 2 fully saturated rings. The molecule has 2 aliphatic rings. The predicted molar refractivity (Wildman–Crippen MR) is 130 cm³/mol. The van der Waals surface area contributed by atoms with Gasteiger partial charge in [0.15, 0.2) is 0 Å². The first-order valence-electron chi connectivity index (χ1n) is 12.0. The molecule has 34 heavy (non-hydrogen) atoms. The van der Waals surface area contributed by atoms with Gasteiger partial charge in [-0.15, -0.1) is 0 Å². The van der Waals surface area contributed by atoms with Gasteiger partial charge >= 0.3 is 0 Å². The number of aromatic amines is 1. The highest BCUT2D eigenvalue weighted by Gasteiger charge is 2.34. The first-order chi connectivity index (χ1) is 16.2. The fraction of sp³-hybridized carbons (Fsp3) is 0.520. The molecular formula is C25H34N4O4S. The number of nitrogens with one attached hydrogen (secondary N) is 2. The number of likely N-dealkylation sites (tertiary alicyclic amines) is 1. The van der Waals surface area contributed by atoms with Crippen LogP contribution in [0.5, 0.6) is 0 Å². The van der Waals surface area contributed by atoms with E-state index in [2.05, 4.69) is 17.2 Å². The summed E-state index contributed by atoms with van der Waals surface area (Å²) < 4.78 is 27.9. The van der Waals surface area contributed by atoms with Crippen molar-refractivity contribution in [2.24, 2.45) is 11.8 Å². The van der Waals surface area contributed by atoms with Gasteiger partial charge in [0.1, 0.15) is 10.6 Å². The molecule has 1 unspecified atom stereocenters. The quantitative estimate of drug-likeness (QED) is 0.655. The minimum atomic E-state index is -3.80. The third kappa shape index (κ3) is 5.52. The summed E-state index contributed by atoms with van der Waals surface area (Å²) in [6.07, 6.45) is 4.56. The highest BCUT2D eigenvalue weighted by molar-refractivity contribution is 7.89. The summed E-state index contributed by atoms with van der Waals surface area (Å²) in [5, 5.41) is 2.94. The van der Waals surface area contributed by atoms with E-state index in [4.69, 9.17) is 0 Å². The van der Waals surface area contributed by atoms with Crippen molar-refractivity contribution < 1.29 is 18.0 Å². The summed E-state index contributed by atoms with van der Waals surface area (Å²) >= 11 is 0. The van der Waals surface area contributed by atoms with E-state index in [1.165, 1.54) is 16.6 Å². The van der Waals surface area contributed by atoms with Gasteiger partial charge in [0.25, 0.3) is 5.91 Å². The van der Waals surface area contributed by atoms with Gasteiger partial charge in [0.05, 0.1) is 5.92 Å². The average Bonchev–Trinajstić information content (AvgIpc) is 3.35. The number of hydrogen-bond acceptors (Lipinski definition) is 4. The summed E-state index contributed by atoms with van der Waals surface area (Å²) in [4.78, 5) is 30.3. The van der Waals surface area contributed by atoms with E-state index in [0.717, 1.165) is 24.0 Å². The first-order valence-corrected chi connectivity index (χ1v) is 13.5. The van der Waals surface area contributed by atoms with Crippen molar-refractivity contribution in [3.63, 3.8) is 0 Å². The fourth-order valence-electron chi connectivity index (χ4n) is 4.59. The third-order valence-corrected chi connectivity index (χ3v) is 8.78. The molecule has 4 rings (SSSR count). The summed E-state index contributed by atoms with van der Waals surface area (Å²) in [6, 6.07) is 9.37. The number of amides is 2. The van der Waals surface area contributed by atoms with Crippen LogP contribution < -0.4 is 5.32 Å². The highest BCUT2D eigenvalue weighted by atomic mass is 32.2. The molecule has 8 nitrogen and oxygen atoms in total. The Morgan fingerprint density at radius 2 is 1.79 bits per heavy atom. The zero-order valence-electron chi connectivity index (χ0n) is 19.9. The normalized spacial score (nSPS) is 20.3. The molecule has 1 aromatic carbocycles. The zero-order chi connectivity index (χ0) is 24.3. The smallest absolute Gasteiger partial charge is 0.270 e. The number of sulfonamides is 1. The van der Waals surface area contributed by atoms with Crippen LogP contribution >= 0.6 is 0 Å². The van der Waals surface area contributed by atoms with E-state index >= 15 is 0 Å². The second-order valence-electron chi connectivity index (χ2n) is 9.63. The molecule has 0 bridgehead atoms. The standard InChI is InChI=1S/C25H34N4O4S/c1-18-5-7-20(8-6-18)15-27-24(30)21-4-3-11-29(17-21)34(32,33)22-14-23(26-16-22)25(31)28-12-9-19(2)10-13-28/h5-8,14,16,19,21,26H,3-4,9-13,15,17H2,1-2H3,(H,27,30). The van der Waals surface area contributed by atoms with Crippen molar-refractivity contribution in [1.82, 2.24) is 19.5 Å². The molecule has 0 spiro atoms. The Balaban J connectivity index is 1.38. The number of nitrogens with zero attached hydrogens (tertiary/aromatic N) is 2. The molecule has 184 valence electrons. The number of hydrogen-bond donors (Lipinski definition) is 2. The van der Waals surface area contributed by atoms with E-state index in [1.54, 1.807) is 4.90 Å². The maximum Gasteiger partial charge on any atom is 0.270 e. The van der Waals surface area contributed by atoms with Crippen molar-refractivity contribution in [2.75, 3.05) is 26.2 Å². The molecule has 3 heterocycles. The van der Waals surface area contributed by atoms with Crippen molar-refractivity contribution in [1.29, 1.82) is 0 Å². The third-order valence-electron chi connectivity index (χ3n) is 6.94. The van der Waals surface area contributed by atoms with Gasteiger partial charge in [-0.1, -0.05) is 36.8 Å². The number of piperidine rings is 2. The number of benzene rings is 1. The lowest BCUT2D eigenvalue weighted by Crippen LogP contribution is -2.45. The van der Waals surface area contributed by atoms with Crippen LogP contribution in [0.2, 0.25) is 0 Å². The molecule has 2 aliphatic heterocycles. The van der Waals surface area contributed by atoms with Crippen molar-refractivity contribution >= 4 is 21.8 Å². The lowest BCUT2D eigenvalue weighted by Gasteiger charge is -2.31. The second kappa shape index (κ2) is 10.3. The Bertz CT molecular complexity index is 1120. The Morgan fingerprint density at radius 3 is 2.50 bits per heavy atom. The van der Waals surface area contributed by atoms with Gasteiger partial charge in [-0.25, -0.2) is 8.42 Å². The summed E-state index contributed by atoms with van der Waals surface area (Å²) in [6.45, 7) is 6.48. The number of rotatable bonds is 6. The molecule has 0 aliphatic carbocycles. The largest absolute Gasteiger partial charge is 0.356 e. The minimum absolute atomic E-state index is 0.0712. The zero-order valence-corrected chi connectivity index (χ0v) is 20.7. The van der Waals surface area contributed by atoms with Crippen LogP contribution in [-0.4, -0.2) is 60.6 Å². The SMILES string of the molecule is Cc1ccc(CNC(=O)C2CCCN(S(=O)(=O)c3c[nH]c(C(=O)N4CCC(C)CC4)c3)C2)cc1. The van der Waals surface area contributed by atoms with Crippen LogP contribution in [0.4, 0.5) is 0 Å². The molecule has 2 amide bonds. The number of aromatic nitrogens is 1. The van der Waals surface area contributed by atoms with Gasteiger partial charge in [0, 0.05) is 38.9 Å². The van der Waals surface area contributed by atoms with E-state index in [0.29, 0.717) is 44.9 Å². The van der Waals surface area contributed by atoms with E-state index in [-0.39, 0.29) is 28.9 Å². The Labute approximate surface area is 201 Å². The molecular weight excluding hydrogens is 452 g/mol. The lowest BCUT2D eigenvalue weighted by atomic mass is 9.98. The van der Waals surface area contributed by atoms with Gasteiger partial charge < -0.3 is 15.2 Å². The number of H-pyrrole nitrogens is 1. The van der Waals surface area contributed by atoms with Gasteiger partial charge in [0.2, 0.25) is 15.9 Å². The molecule has 0 saturated carbocycles. The Kier molecular flexibility index (Phi) is 7.42. The van der Waals surface area contributed by atoms with E-state index < -0.39 is 15.9 Å². The second-order valence-corrected chi connectivity index (χ2v) is 11.6. The molecule has 1 atom stereocenters. The van der Waals surface area contributed by atoms with Gasteiger partial charge in [-0.3, -0.25) is 9.59 Å². The van der Waals surface area contributed by atoms with Crippen LogP contribution in [-0.2, 0) is 21.4 Å². The maximum atomic E-state index is 13.3. The summed E-state index contributed by atoms with van der Waals surface area (Å²) in [5.41, 5.74) is 2.45. The average molecular weight is 487 g/mol. The lowest BCUT2D eigenvalue weighted by molar-refractivity contribution is -0.126. The maximum absolute atomic E-state index is 13.3. The van der Waals surface area contributed by atoms with Gasteiger partial charge in [-0.2, -0.15) is 4.31 Å². The van der Waals surface area contributed by atoms with E-state index in [1.807, 2.05) is 31.2 Å². The van der Waals surface area contributed by atoms with Crippen LogP contribution in [0.25, 0.3) is 0 Å². The Hall–Kier alpha value is -2.65. The molecule has 2 aromatic rings. The number of aryl methyl sites for hydroxylation is 1. The van der Waals surface area contributed by atoms with Crippen LogP contribution in [0, 0.1) is 18.8 Å². The van der Waals surface area contributed by atoms with Gasteiger partial charge in [-0.05, 0) is 50.2 Å². The molecule has 2 saturated heterocycles. The molecule has 1 aromatic heterocycles. The van der Waals surface area contributed by atoms with Crippen molar-refractivity contribution in [3.8, 4) is 0 Å². The van der Waals surface area contributed by atoms with Crippen LogP contribution in [0.1, 0.15) is 54.2 Å². The van der Waals surface area contributed by atoms with Crippen molar-refractivity contribution in [3.05, 3.63) is 53.3 Å². The molecule has 2 N–H and O–H groups in total. The minimum Gasteiger partial charge on any atom is -0.356 e. The molecule has 0 radical (unpaired) electrons. The summed E-state index contributed by atoms with van der Waals surface area (Å²) in [7, 11) is -3.80. The highest BCUT2D eigenvalue weighted by Crippen LogP contribution is 2.25. The Morgan fingerprint density at radius 1 is 1.09 bits per heavy atom. The van der Waals surface area contributed by atoms with Crippen LogP contribution in [0.15, 0.2) is 41.4 Å². The van der Waals surface area contributed by atoms with Crippen molar-refractivity contribution in [2.45, 2.75) is 51.0 Å². The monoisotopic (exact) mass is 486 g/mol. The number of carbonyl (C=O) groups is 2. The predicted octanol–water partition coefficient (Wildman–Crippen LogP) is 2.91. The topological polar surface area (TPSA) is 103 Å². The first kappa shape index (κ1) is 24.5. The van der Waals surface area contributed by atoms with E-state index in [9.17, 15) is 18.0 Å².